The lowest BCUT2D eigenvalue weighted by molar-refractivity contribution is -0.134. The molecule has 0 radical (unpaired) electrons. The lowest BCUT2D eigenvalue weighted by Crippen LogP contribution is -2.42. The molecule has 1 saturated heterocycles. The molecule has 0 aromatic heterocycles. The van der Waals surface area contributed by atoms with E-state index >= 15 is 0 Å². The molecule has 3 aliphatic rings. The normalized spacial score (nSPS) is 25.5. The highest BCUT2D eigenvalue weighted by atomic mass is 16.2. The van der Waals surface area contributed by atoms with Crippen LogP contribution >= 0.6 is 0 Å². The maximum atomic E-state index is 13.3. The van der Waals surface area contributed by atoms with Gasteiger partial charge >= 0.3 is 0 Å². The Balaban J connectivity index is 1.39. The van der Waals surface area contributed by atoms with Crippen molar-refractivity contribution >= 4 is 5.91 Å². The van der Waals surface area contributed by atoms with Crippen molar-refractivity contribution in [3.8, 4) is 0 Å². The second kappa shape index (κ2) is 7.72. The molecule has 0 bridgehead atoms. The molecule has 3 nitrogen and oxygen atoms in total. The number of amides is 1. The molecule has 2 aliphatic carbocycles. The van der Waals surface area contributed by atoms with Crippen LogP contribution in [-0.2, 0) is 11.2 Å². The van der Waals surface area contributed by atoms with Crippen LogP contribution in [0.3, 0.4) is 0 Å². The third-order valence-electron chi connectivity index (χ3n) is 7.23. The minimum absolute atomic E-state index is 0.340. The third kappa shape index (κ3) is 3.98. The Morgan fingerprint density at radius 2 is 1.85 bits per heavy atom. The summed E-state index contributed by atoms with van der Waals surface area (Å²) in [5.74, 6) is 1.50. The van der Waals surface area contributed by atoms with Gasteiger partial charge in [-0.1, -0.05) is 43.2 Å². The molecule has 0 N–H and O–H groups in total. The third-order valence-corrected chi connectivity index (χ3v) is 7.23. The van der Waals surface area contributed by atoms with Gasteiger partial charge in [0.05, 0.1) is 0 Å². The molecule has 142 valence electrons. The summed E-state index contributed by atoms with van der Waals surface area (Å²) in [5.41, 5.74) is 1.76. The van der Waals surface area contributed by atoms with Gasteiger partial charge in [0, 0.05) is 19.0 Å². The number of hydrogen-bond donors (Lipinski definition) is 0. The Labute approximate surface area is 158 Å². The van der Waals surface area contributed by atoms with Gasteiger partial charge in [-0.25, -0.2) is 0 Å². The first-order valence-electron chi connectivity index (χ1n) is 10.7. The Morgan fingerprint density at radius 3 is 2.54 bits per heavy atom. The van der Waals surface area contributed by atoms with Gasteiger partial charge < -0.3 is 9.80 Å². The van der Waals surface area contributed by atoms with Crippen molar-refractivity contribution in [3.05, 3.63) is 35.9 Å². The number of benzene rings is 1. The fourth-order valence-electron chi connectivity index (χ4n) is 5.31. The Bertz CT molecular complexity index is 600. The number of nitrogens with zero attached hydrogens (tertiary/aromatic N) is 2. The van der Waals surface area contributed by atoms with E-state index in [9.17, 15) is 4.79 Å². The van der Waals surface area contributed by atoms with Crippen molar-refractivity contribution in [2.24, 2.45) is 17.3 Å². The van der Waals surface area contributed by atoms with Crippen molar-refractivity contribution in [2.45, 2.75) is 51.4 Å². The van der Waals surface area contributed by atoms with Crippen LogP contribution in [0.2, 0.25) is 0 Å². The molecule has 1 aliphatic heterocycles. The topological polar surface area (TPSA) is 23.6 Å². The van der Waals surface area contributed by atoms with E-state index in [-0.39, 0.29) is 0 Å². The summed E-state index contributed by atoms with van der Waals surface area (Å²) >= 11 is 0. The number of likely N-dealkylation sites (tertiary alicyclic amines) is 1. The van der Waals surface area contributed by atoms with Crippen molar-refractivity contribution in [2.75, 3.05) is 33.2 Å². The summed E-state index contributed by atoms with van der Waals surface area (Å²) in [6.45, 7) is 4.23. The largest absolute Gasteiger partial charge is 0.342 e. The van der Waals surface area contributed by atoms with Gasteiger partial charge in [-0.05, 0) is 75.6 Å². The van der Waals surface area contributed by atoms with E-state index in [2.05, 4.69) is 47.2 Å². The zero-order valence-electron chi connectivity index (χ0n) is 16.3. The monoisotopic (exact) mass is 354 g/mol. The molecule has 4 rings (SSSR count). The molecule has 1 amide bonds. The summed E-state index contributed by atoms with van der Waals surface area (Å²) in [6, 6.07) is 10.7. The number of carbonyl (C=O) groups is 1. The first-order valence-corrected chi connectivity index (χ1v) is 10.7. The van der Waals surface area contributed by atoms with E-state index in [1.807, 2.05) is 0 Å². The van der Waals surface area contributed by atoms with Crippen LogP contribution < -0.4 is 0 Å². The zero-order valence-corrected chi connectivity index (χ0v) is 16.3. The van der Waals surface area contributed by atoms with E-state index < -0.39 is 0 Å². The molecule has 1 heterocycles. The molecule has 3 heteroatoms. The van der Waals surface area contributed by atoms with Gasteiger partial charge in [-0.2, -0.15) is 0 Å². The fraction of sp³-hybridized carbons (Fsp3) is 0.696. The van der Waals surface area contributed by atoms with Crippen LogP contribution in [0.25, 0.3) is 0 Å². The van der Waals surface area contributed by atoms with Gasteiger partial charge in [0.25, 0.3) is 0 Å². The average Bonchev–Trinajstić information content (AvgIpc) is 3.16. The fourth-order valence-corrected chi connectivity index (χ4v) is 5.31. The highest BCUT2D eigenvalue weighted by Crippen LogP contribution is 2.63. The van der Waals surface area contributed by atoms with Crippen LogP contribution in [-0.4, -0.2) is 48.9 Å². The second-order valence-corrected chi connectivity index (χ2v) is 9.09. The molecule has 2 saturated carbocycles. The van der Waals surface area contributed by atoms with E-state index in [0.29, 0.717) is 23.2 Å². The first-order chi connectivity index (χ1) is 12.7. The van der Waals surface area contributed by atoms with Crippen molar-refractivity contribution in [3.63, 3.8) is 0 Å². The summed E-state index contributed by atoms with van der Waals surface area (Å²) in [5, 5.41) is 0. The molecule has 1 aromatic carbocycles. The highest BCUT2D eigenvalue weighted by Gasteiger charge is 2.59. The molecule has 26 heavy (non-hydrogen) atoms. The Kier molecular flexibility index (Phi) is 5.35. The number of rotatable bonds is 6. The molecule has 1 aromatic rings. The smallest absolute Gasteiger partial charge is 0.226 e. The molecule has 3 fully saturated rings. The van der Waals surface area contributed by atoms with Crippen LogP contribution in [0.15, 0.2) is 30.3 Å². The minimum atomic E-state index is 0.340. The van der Waals surface area contributed by atoms with Crippen LogP contribution in [0.1, 0.15) is 50.5 Å². The minimum Gasteiger partial charge on any atom is -0.342 e. The number of hydrogen-bond acceptors (Lipinski definition) is 2. The maximum absolute atomic E-state index is 13.3. The Hall–Kier alpha value is -1.35. The zero-order chi connectivity index (χ0) is 18.0. The van der Waals surface area contributed by atoms with Crippen LogP contribution in [0.5, 0.6) is 0 Å². The molecular weight excluding hydrogens is 320 g/mol. The first kappa shape index (κ1) is 18.0. The second-order valence-electron chi connectivity index (χ2n) is 9.09. The highest BCUT2D eigenvalue weighted by molar-refractivity contribution is 5.82. The van der Waals surface area contributed by atoms with Gasteiger partial charge in [-0.3, -0.25) is 4.79 Å². The van der Waals surface area contributed by atoms with Crippen LogP contribution in [0.4, 0.5) is 0 Å². The Morgan fingerprint density at radius 1 is 1.15 bits per heavy atom. The SMILES string of the molecule is CN1CCC(CN(CCc2ccccc2)C(=O)C2CC23CCCC3)CC1. The van der Waals surface area contributed by atoms with E-state index in [0.717, 1.165) is 19.5 Å². The predicted molar refractivity (Wildman–Crippen MR) is 106 cm³/mol. The van der Waals surface area contributed by atoms with Crippen molar-refractivity contribution in [1.82, 2.24) is 9.80 Å². The molecular formula is C23H34N2O. The molecule has 1 atom stereocenters. The summed E-state index contributed by atoms with van der Waals surface area (Å²) in [6.07, 6.45) is 9.89. The van der Waals surface area contributed by atoms with E-state index in [1.54, 1.807) is 0 Å². The standard InChI is InChI=1S/C23H34N2O/c1-24-14-9-20(10-15-24)18-25(16-11-19-7-3-2-4-8-19)22(26)21-17-23(21)12-5-6-13-23/h2-4,7-8,20-21H,5-6,9-18H2,1H3. The quantitative estimate of drug-likeness (QED) is 0.771. The van der Waals surface area contributed by atoms with Gasteiger partial charge in [0.1, 0.15) is 0 Å². The molecule has 1 unspecified atom stereocenters. The number of piperidine rings is 1. The number of carbonyl (C=O) groups excluding carboxylic acids is 1. The van der Waals surface area contributed by atoms with E-state index in [1.165, 1.54) is 63.6 Å². The lowest BCUT2D eigenvalue weighted by Gasteiger charge is -2.33. The van der Waals surface area contributed by atoms with Gasteiger partial charge in [-0.15, -0.1) is 0 Å². The maximum Gasteiger partial charge on any atom is 0.226 e. The van der Waals surface area contributed by atoms with Crippen LogP contribution in [0, 0.1) is 17.3 Å². The van der Waals surface area contributed by atoms with Gasteiger partial charge in [0.2, 0.25) is 5.91 Å². The summed E-state index contributed by atoms with van der Waals surface area (Å²) in [4.78, 5) is 18.0. The lowest BCUT2D eigenvalue weighted by atomic mass is 9.95. The van der Waals surface area contributed by atoms with E-state index in [4.69, 9.17) is 0 Å². The predicted octanol–water partition coefficient (Wildman–Crippen LogP) is 3.98. The van der Waals surface area contributed by atoms with Gasteiger partial charge in [0.15, 0.2) is 0 Å². The summed E-state index contributed by atoms with van der Waals surface area (Å²) in [7, 11) is 2.21. The van der Waals surface area contributed by atoms with Crippen molar-refractivity contribution in [1.29, 1.82) is 0 Å². The van der Waals surface area contributed by atoms with Crippen molar-refractivity contribution < 1.29 is 4.79 Å². The average molecular weight is 355 g/mol. The summed E-state index contributed by atoms with van der Waals surface area (Å²) < 4.78 is 0. The molecule has 1 spiro atoms.